The number of halogens is 2. The molecular weight excluding hydrogens is 291 g/mol. The topological polar surface area (TPSA) is 47.1 Å². The highest BCUT2D eigenvalue weighted by Gasteiger charge is 2.18. The van der Waals surface area contributed by atoms with Gasteiger partial charge in [-0.2, -0.15) is 0 Å². The van der Waals surface area contributed by atoms with Gasteiger partial charge in [-0.15, -0.1) is 0 Å². The number of fused-ring (bicyclic) bond motifs is 1. The number of anilines is 1. The molecule has 21 heavy (non-hydrogen) atoms. The molecule has 0 spiro atoms. The average Bonchev–Trinajstić information content (AvgIpc) is 3.01. The van der Waals surface area contributed by atoms with Crippen LogP contribution in [0.4, 0.5) is 10.3 Å². The van der Waals surface area contributed by atoms with E-state index < -0.39 is 5.82 Å². The van der Waals surface area contributed by atoms with Crippen LogP contribution in [0.15, 0.2) is 12.1 Å². The molecule has 1 fully saturated rings. The lowest BCUT2D eigenvalue weighted by atomic mass is 10.1. The summed E-state index contributed by atoms with van der Waals surface area (Å²) in [6.07, 6.45) is 2.57. The number of likely N-dealkylation sites (tertiary alicyclic amines) is 1. The second kappa shape index (κ2) is 5.81. The van der Waals surface area contributed by atoms with Gasteiger partial charge in [0.15, 0.2) is 0 Å². The number of aromatic nitrogens is 2. The molecule has 3 rings (SSSR count). The summed E-state index contributed by atoms with van der Waals surface area (Å²) in [4.78, 5) is 6.75. The summed E-state index contributed by atoms with van der Waals surface area (Å²) in [6, 6.07) is 2.95. The summed E-state index contributed by atoms with van der Waals surface area (Å²) in [5, 5.41) is 0.0808. The molecule has 6 heteroatoms. The Kier molecular flexibility index (Phi) is 4.04. The van der Waals surface area contributed by atoms with E-state index in [4.69, 9.17) is 17.3 Å². The van der Waals surface area contributed by atoms with Gasteiger partial charge in [0, 0.05) is 19.2 Å². The van der Waals surface area contributed by atoms with Gasteiger partial charge in [-0.25, -0.2) is 9.37 Å². The maximum Gasteiger partial charge on any atom is 0.201 e. The third-order valence-electron chi connectivity index (χ3n) is 4.08. The largest absolute Gasteiger partial charge is 0.369 e. The number of nitrogen functional groups attached to an aromatic ring is 1. The molecule has 1 aliphatic rings. The van der Waals surface area contributed by atoms with Gasteiger partial charge in [0.1, 0.15) is 5.82 Å². The summed E-state index contributed by atoms with van der Waals surface area (Å²) < 4.78 is 15.6. The lowest BCUT2D eigenvalue weighted by molar-refractivity contribution is 0.273. The average molecular weight is 311 g/mol. The summed E-state index contributed by atoms with van der Waals surface area (Å²) in [5.74, 6) is 0.416. The maximum absolute atomic E-state index is 13.7. The van der Waals surface area contributed by atoms with Crippen LogP contribution in [0.5, 0.6) is 0 Å². The van der Waals surface area contributed by atoms with Crippen LogP contribution in [0.25, 0.3) is 11.0 Å². The predicted molar refractivity (Wildman–Crippen MR) is 84.0 cm³/mol. The molecule has 0 saturated carbocycles. The molecule has 1 atom stereocenters. The summed E-state index contributed by atoms with van der Waals surface area (Å²) >= 11 is 5.80. The van der Waals surface area contributed by atoms with E-state index >= 15 is 0 Å². The van der Waals surface area contributed by atoms with Crippen molar-refractivity contribution >= 4 is 28.6 Å². The molecule has 0 aliphatic carbocycles. The normalized spacial score (nSPS) is 17.7. The van der Waals surface area contributed by atoms with Crippen molar-refractivity contribution in [1.82, 2.24) is 14.5 Å². The molecule has 2 N–H and O–H groups in total. The number of benzene rings is 1. The van der Waals surface area contributed by atoms with E-state index in [1.54, 1.807) is 0 Å². The van der Waals surface area contributed by atoms with Gasteiger partial charge < -0.3 is 15.2 Å². The van der Waals surface area contributed by atoms with E-state index in [2.05, 4.69) is 16.8 Å². The van der Waals surface area contributed by atoms with Crippen molar-refractivity contribution in [2.24, 2.45) is 5.92 Å². The Bertz CT molecular complexity index is 649. The summed E-state index contributed by atoms with van der Waals surface area (Å²) in [6.45, 7) is 6.31. The lowest BCUT2D eigenvalue weighted by Gasteiger charge is -2.21. The molecule has 1 saturated heterocycles. The fourth-order valence-corrected chi connectivity index (χ4v) is 3.26. The number of nitrogens with zero attached hydrogens (tertiary/aromatic N) is 3. The highest BCUT2D eigenvalue weighted by molar-refractivity contribution is 6.31. The molecule has 1 aromatic heterocycles. The van der Waals surface area contributed by atoms with Crippen LogP contribution in [-0.4, -0.2) is 34.1 Å². The second-order valence-corrected chi connectivity index (χ2v) is 6.36. The van der Waals surface area contributed by atoms with Crippen LogP contribution in [0.1, 0.15) is 19.8 Å². The molecule has 1 aliphatic heterocycles. The minimum Gasteiger partial charge on any atom is -0.369 e. The van der Waals surface area contributed by atoms with E-state index in [9.17, 15) is 4.39 Å². The van der Waals surface area contributed by atoms with E-state index in [1.165, 1.54) is 38.1 Å². The van der Waals surface area contributed by atoms with Crippen molar-refractivity contribution in [3.63, 3.8) is 0 Å². The van der Waals surface area contributed by atoms with Crippen LogP contribution in [0.2, 0.25) is 5.02 Å². The first-order chi connectivity index (χ1) is 10.0. The quantitative estimate of drug-likeness (QED) is 0.943. The Balaban J connectivity index is 1.82. The number of rotatable bonds is 4. The van der Waals surface area contributed by atoms with Crippen molar-refractivity contribution in [3.8, 4) is 0 Å². The van der Waals surface area contributed by atoms with Gasteiger partial charge in [0.05, 0.1) is 16.1 Å². The fourth-order valence-electron chi connectivity index (χ4n) is 3.11. The van der Waals surface area contributed by atoms with Gasteiger partial charge in [0.25, 0.3) is 0 Å². The Labute approximate surface area is 128 Å². The first-order valence-electron chi connectivity index (χ1n) is 7.37. The molecule has 0 amide bonds. The van der Waals surface area contributed by atoms with Crippen LogP contribution >= 0.6 is 11.6 Å². The SMILES string of the molecule is CC(CN1CCCC1)Cn1c(N)nc2cc(Cl)c(F)cc21. The molecule has 114 valence electrons. The van der Waals surface area contributed by atoms with E-state index in [1.807, 2.05) is 4.57 Å². The van der Waals surface area contributed by atoms with Crippen LogP contribution < -0.4 is 5.73 Å². The lowest BCUT2D eigenvalue weighted by Crippen LogP contribution is -2.27. The van der Waals surface area contributed by atoms with Gasteiger partial charge in [-0.3, -0.25) is 0 Å². The Hall–Kier alpha value is -1.33. The van der Waals surface area contributed by atoms with E-state index in [0.717, 1.165) is 13.1 Å². The zero-order chi connectivity index (χ0) is 15.0. The van der Waals surface area contributed by atoms with Gasteiger partial charge in [-0.05, 0) is 37.9 Å². The van der Waals surface area contributed by atoms with Crippen molar-refractivity contribution in [3.05, 3.63) is 23.0 Å². The minimum absolute atomic E-state index is 0.0808. The Morgan fingerprint density at radius 2 is 2.05 bits per heavy atom. The molecule has 2 aromatic rings. The second-order valence-electron chi connectivity index (χ2n) is 5.95. The number of hydrogen-bond donors (Lipinski definition) is 1. The smallest absolute Gasteiger partial charge is 0.201 e. The van der Waals surface area contributed by atoms with Crippen molar-refractivity contribution in [1.29, 1.82) is 0 Å². The van der Waals surface area contributed by atoms with Crippen molar-refractivity contribution in [2.45, 2.75) is 26.3 Å². The predicted octanol–water partition coefficient (Wildman–Crippen LogP) is 3.14. The van der Waals surface area contributed by atoms with Gasteiger partial charge in [0.2, 0.25) is 5.95 Å². The number of nitrogens with two attached hydrogens (primary N) is 1. The summed E-state index contributed by atoms with van der Waals surface area (Å²) in [5.41, 5.74) is 7.34. The van der Waals surface area contributed by atoms with Gasteiger partial charge >= 0.3 is 0 Å². The molecule has 0 radical (unpaired) electrons. The van der Waals surface area contributed by atoms with E-state index in [0.29, 0.717) is 22.9 Å². The third-order valence-corrected chi connectivity index (χ3v) is 4.37. The maximum atomic E-state index is 13.7. The Morgan fingerprint density at radius 3 is 2.76 bits per heavy atom. The van der Waals surface area contributed by atoms with Crippen molar-refractivity contribution in [2.75, 3.05) is 25.4 Å². The van der Waals surface area contributed by atoms with Crippen LogP contribution in [-0.2, 0) is 6.54 Å². The monoisotopic (exact) mass is 310 g/mol. The zero-order valence-corrected chi connectivity index (χ0v) is 12.9. The molecular formula is C15H20ClFN4. The zero-order valence-electron chi connectivity index (χ0n) is 12.1. The number of imidazole rings is 1. The first kappa shape index (κ1) is 14.6. The minimum atomic E-state index is -0.433. The summed E-state index contributed by atoms with van der Waals surface area (Å²) in [7, 11) is 0. The molecule has 0 bridgehead atoms. The first-order valence-corrected chi connectivity index (χ1v) is 7.75. The highest BCUT2D eigenvalue weighted by atomic mass is 35.5. The van der Waals surface area contributed by atoms with Crippen molar-refractivity contribution < 1.29 is 4.39 Å². The van der Waals surface area contributed by atoms with Crippen LogP contribution in [0.3, 0.4) is 0 Å². The standard InChI is InChI=1S/C15H20ClFN4/c1-10(8-20-4-2-3-5-20)9-21-14-7-12(17)11(16)6-13(14)19-15(21)18/h6-7,10H,2-5,8-9H2,1H3,(H2,18,19). The van der Waals surface area contributed by atoms with Gasteiger partial charge in [-0.1, -0.05) is 18.5 Å². The van der Waals surface area contributed by atoms with E-state index in [-0.39, 0.29) is 5.02 Å². The molecule has 2 heterocycles. The van der Waals surface area contributed by atoms with Crippen LogP contribution in [0, 0.1) is 11.7 Å². The number of hydrogen-bond acceptors (Lipinski definition) is 3. The molecule has 1 aromatic carbocycles. The fraction of sp³-hybridized carbons (Fsp3) is 0.533. The third kappa shape index (κ3) is 2.99. The highest BCUT2D eigenvalue weighted by Crippen LogP contribution is 2.25. The Morgan fingerprint density at radius 1 is 1.33 bits per heavy atom. The molecule has 4 nitrogen and oxygen atoms in total. The molecule has 1 unspecified atom stereocenters.